The van der Waals surface area contributed by atoms with E-state index in [0.29, 0.717) is 13.2 Å². The summed E-state index contributed by atoms with van der Waals surface area (Å²) in [5.74, 6) is 7.10. The summed E-state index contributed by atoms with van der Waals surface area (Å²) < 4.78 is 11.0. The van der Waals surface area contributed by atoms with Gasteiger partial charge in [0, 0.05) is 11.1 Å². The van der Waals surface area contributed by atoms with Crippen molar-refractivity contribution in [1.29, 1.82) is 0 Å². The molecule has 0 aromatic heterocycles. The lowest BCUT2D eigenvalue weighted by Gasteiger charge is -2.09. The van der Waals surface area contributed by atoms with E-state index in [1.54, 1.807) is 0 Å². The third-order valence-electron chi connectivity index (χ3n) is 4.55. The van der Waals surface area contributed by atoms with E-state index in [0.717, 1.165) is 49.0 Å². The molecule has 2 aromatic carbocycles. The zero-order valence-electron chi connectivity index (χ0n) is 16.9. The van der Waals surface area contributed by atoms with Gasteiger partial charge in [-0.25, -0.2) is 0 Å². The summed E-state index contributed by atoms with van der Waals surface area (Å²) in [6.07, 6.45) is 4.86. The van der Waals surface area contributed by atoms with Crippen molar-refractivity contribution in [2.45, 2.75) is 46.0 Å². The Morgan fingerprint density at radius 3 is 2.11 bits per heavy atom. The van der Waals surface area contributed by atoms with Crippen LogP contribution in [0.15, 0.2) is 54.6 Å². The maximum atomic E-state index is 11.6. The third-order valence-corrected chi connectivity index (χ3v) is 4.55. The van der Waals surface area contributed by atoms with Crippen LogP contribution in [0, 0.1) is 17.8 Å². The van der Waals surface area contributed by atoms with Crippen molar-refractivity contribution in [3.05, 3.63) is 65.7 Å². The SMILES string of the molecule is CCC(C)C(=O)OCCCCCCOc1ccc(C#Cc2ccccc2)cc1. The van der Waals surface area contributed by atoms with Gasteiger partial charge in [-0.15, -0.1) is 0 Å². The van der Waals surface area contributed by atoms with Crippen LogP contribution < -0.4 is 4.74 Å². The van der Waals surface area contributed by atoms with E-state index in [1.165, 1.54) is 0 Å². The fourth-order valence-electron chi connectivity index (χ4n) is 2.53. The molecular weight excluding hydrogens is 348 g/mol. The van der Waals surface area contributed by atoms with Crippen LogP contribution in [0.25, 0.3) is 0 Å². The first kappa shape index (κ1) is 21.6. The Labute approximate surface area is 169 Å². The topological polar surface area (TPSA) is 35.5 Å². The molecule has 3 nitrogen and oxygen atoms in total. The summed E-state index contributed by atoms with van der Waals surface area (Å²) in [7, 11) is 0. The zero-order chi connectivity index (χ0) is 20.0. The van der Waals surface area contributed by atoms with Gasteiger partial charge in [0.15, 0.2) is 0 Å². The van der Waals surface area contributed by atoms with E-state index in [1.807, 2.05) is 68.4 Å². The van der Waals surface area contributed by atoms with Crippen LogP contribution in [-0.4, -0.2) is 19.2 Å². The van der Waals surface area contributed by atoms with Crippen molar-refractivity contribution in [1.82, 2.24) is 0 Å². The van der Waals surface area contributed by atoms with E-state index in [9.17, 15) is 4.79 Å². The lowest BCUT2D eigenvalue weighted by molar-refractivity contribution is -0.148. The average Bonchev–Trinajstić information content (AvgIpc) is 2.74. The van der Waals surface area contributed by atoms with E-state index in [4.69, 9.17) is 9.47 Å². The predicted octanol–water partition coefficient (Wildman–Crippen LogP) is 5.61. The number of benzene rings is 2. The number of esters is 1. The minimum atomic E-state index is -0.0808. The Hall–Kier alpha value is -2.73. The number of hydrogen-bond acceptors (Lipinski definition) is 3. The molecule has 0 saturated heterocycles. The molecule has 1 atom stereocenters. The van der Waals surface area contributed by atoms with E-state index in [-0.39, 0.29) is 11.9 Å². The van der Waals surface area contributed by atoms with Crippen LogP contribution in [0.2, 0.25) is 0 Å². The molecule has 1 unspecified atom stereocenters. The summed E-state index contributed by atoms with van der Waals surface area (Å²) in [6, 6.07) is 17.8. The Balaban J connectivity index is 1.57. The van der Waals surface area contributed by atoms with E-state index >= 15 is 0 Å². The molecule has 2 aromatic rings. The van der Waals surface area contributed by atoms with Gasteiger partial charge in [-0.3, -0.25) is 4.79 Å². The van der Waals surface area contributed by atoms with Crippen LogP contribution in [0.5, 0.6) is 5.75 Å². The lowest BCUT2D eigenvalue weighted by Crippen LogP contribution is -2.14. The molecule has 0 saturated carbocycles. The van der Waals surface area contributed by atoms with Crippen molar-refractivity contribution >= 4 is 5.97 Å². The van der Waals surface area contributed by atoms with Gasteiger partial charge in [0.25, 0.3) is 0 Å². The fourth-order valence-corrected chi connectivity index (χ4v) is 2.53. The Morgan fingerprint density at radius 1 is 0.857 bits per heavy atom. The maximum Gasteiger partial charge on any atom is 0.308 e. The smallest absolute Gasteiger partial charge is 0.308 e. The van der Waals surface area contributed by atoms with Crippen molar-refractivity contribution in [3.8, 4) is 17.6 Å². The van der Waals surface area contributed by atoms with Gasteiger partial charge in [0.05, 0.1) is 19.1 Å². The second-order valence-corrected chi connectivity index (χ2v) is 6.88. The molecule has 0 heterocycles. The summed E-state index contributed by atoms with van der Waals surface area (Å²) in [6.45, 7) is 5.12. The molecule has 3 heteroatoms. The minimum absolute atomic E-state index is 0.00380. The summed E-state index contributed by atoms with van der Waals surface area (Å²) >= 11 is 0. The Morgan fingerprint density at radius 2 is 1.46 bits per heavy atom. The number of unbranched alkanes of at least 4 members (excludes halogenated alkanes) is 3. The molecule has 0 N–H and O–H groups in total. The summed E-state index contributed by atoms with van der Waals surface area (Å²) in [5, 5.41) is 0. The lowest BCUT2D eigenvalue weighted by atomic mass is 10.1. The van der Waals surface area contributed by atoms with Crippen molar-refractivity contribution in [2.75, 3.05) is 13.2 Å². The normalized spacial score (nSPS) is 11.2. The highest BCUT2D eigenvalue weighted by Gasteiger charge is 2.10. The van der Waals surface area contributed by atoms with Gasteiger partial charge in [-0.2, -0.15) is 0 Å². The Bertz CT molecular complexity index is 754. The van der Waals surface area contributed by atoms with Crippen molar-refractivity contribution in [3.63, 3.8) is 0 Å². The highest BCUT2D eigenvalue weighted by molar-refractivity contribution is 5.71. The molecule has 0 bridgehead atoms. The third kappa shape index (κ3) is 8.31. The Kier molecular flexibility index (Phi) is 9.72. The number of ether oxygens (including phenoxy) is 2. The number of hydrogen-bond donors (Lipinski definition) is 0. The molecule has 0 amide bonds. The van der Waals surface area contributed by atoms with Gasteiger partial charge in [0.2, 0.25) is 0 Å². The van der Waals surface area contributed by atoms with Crippen LogP contribution in [0.1, 0.15) is 57.1 Å². The quantitative estimate of drug-likeness (QED) is 0.306. The number of carbonyl (C=O) groups excluding carboxylic acids is 1. The first-order valence-electron chi connectivity index (χ1n) is 10.2. The molecule has 0 aliphatic carbocycles. The first-order chi connectivity index (χ1) is 13.7. The van der Waals surface area contributed by atoms with Gasteiger partial charge in [0.1, 0.15) is 5.75 Å². The monoisotopic (exact) mass is 378 g/mol. The first-order valence-corrected chi connectivity index (χ1v) is 10.2. The average molecular weight is 379 g/mol. The zero-order valence-corrected chi connectivity index (χ0v) is 16.9. The molecular formula is C25H30O3. The largest absolute Gasteiger partial charge is 0.494 e. The number of rotatable bonds is 10. The summed E-state index contributed by atoms with van der Waals surface area (Å²) in [5.41, 5.74) is 1.99. The second-order valence-electron chi connectivity index (χ2n) is 6.88. The van der Waals surface area contributed by atoms with Gasteiger partial charge in [-0.05, 0) is 68.5 Å². The van der Waals surface area contributed by atoms with Crippen molar-refractivity contribution in [2.24, 2.45) is 5.92 Å². The highest BCUT2D eigenvalue weighted by atomic mass is 16.5. The number of carbonyl (C=O) groups is 1. The van der Waals surface area contributed by atoms with Crippen LogP contribution in [0.3, 0.4) is 0 Å². The van der Waals surface area contributed by atoms with Crippen LogP contribution in [-0.2, 0) is 9.53 Å². The van der Waals surface area contributed by atoms with Gasteiger partial charge in [-0.1, -0.05) is 43.9 Å². The van der Waals surface area contributed by atoms with E-state index < -0.39 is 0 Å². The molecule has 0 aliphatic rings. The van der Waals surface area contributed by atoms with Gasteiger partial charge >= 0.3 is 5.97 Å². The van der Waals surface area contributed by atoms with E-state index in [2.05, 4.69) is 11.8 Å². The maximum absolute atomic E-state index is 11.6. The molecule has 0 radical (unpaired) electrons. The van der Waals surface area contributed by atoms with Crippen LogP contribution >= 0.6 is 0 Å². The predicted molar refractivity (Wildman–Crippen MR) is 113 cm³/mol. The molecule has 2 rings (SSSR count). The molecule has 28 heavy (non-hydrogen) atoms. The molecule has 0 aliphatic heterocycles. The second kappa shape index (κ2) is 12.6. The molecule has 0 spiro atoms. The van der Waals surface area contributed by atoms with Crippen LogP contribution in [0.4, 0.5) is 0 Å². The standard InChI is InChI=1S/C25H30O3/c1-3-21(2)25(26)28-20-10-5-4-9-19-27-24-17-15-23(16-18-24)14-13-22-11-7-6-8-12-22/h6-8,11-12,15-18,21H,3-5,9-10,19-20H2,1-2H3. The summed E-state index contributed by atoms with van der Waals surface area (Å²) in [4.78, 5) is 11.6. The molecule has 148 valence electrons. The minimum Gasteiger partial charge on any atom is -0.494 e. The van der Waals surface area contributed by atoms with Gasteiger partial charge < -0.3 is 9.47 Å². The molecule has 0 fully saturated rings. The highest BCUT2D eigenvalue weighted by Crippen LogP contribution is 2.13. The van der Waals surface area contributed by atoms with Crippen molar-refractivity contribution < 1.29 is 14.3 Å². The fraction of sp³-hybridized carbons (Fsp3) is 0.400.